The molecule has 0 spiro atoms. The van der Waals surface area contributed by atoms with E-state index in [9.17, 15) is 14.0 Å². The Balaban J connectivity index is 1.29. The molecule has 2 unspecified atom stereocenters. The molecule has 1 aliphatic rings. The van der Waals surface area contributed by atoms with Crippen molar-refractivity contribution in [3.05, 3.63) is 29.3 Å². The van der Waals surface area contributed by atoms with Gasteiger partial charge in [0, 0.05) is 19.2 Å². The van der Waals surface area contributed by atoms with Crippen LogP contribution in [0.2, 0.25) is 0 Å². The van der Waals surface area contributed by atoms with Gasteiger partial charge in [-0.2, -0.15) is 0 Å². The Morgan fingerprint density at radius 1 is 1.39 bits per heavy atom. The van der Waals surface area contributed by atoms with Crippen LogP contribution in [0.5, 0.6) is 0 Å². The number of alkyl halides is 1. The first-order valence-corrected chi connectivity index (χ1v) is 10.4. The number of nitrogens with one attached hydrogen (secondary N) is 1. The summed E-state index contributed by atoms with van der Waals surface area (Å²) < 4.78 is 19.1. The Kier molecular flexibility index (Phi) is 7.16. The fraction of sp³-hybridized carbons (Fsp3) is 0.526. The Morgan fingerprint density at radius 2 is 2.25 bits per heavy atom. The number of aromatic nitrogens is 1. The molecule has 0 saturated carbocycles. The summed E-state index contributed by atoms with van der Waals surface area (Å²) in [6, 6.07) is 5.47. The third kappa shape index (κ3) is 5.39. The van der Waals surface area contributed by atoms with Crippen molar-refractivity contribution in [3.8, 4) is 10.6 Å². The molecule has 152 valence electrons. The normalized spacial score (nSPS) is 20.2. The van der Waals surface area contributed by atoms with E-state index in [0.29, 0.717) is 25.3 Å². The second-order valence-electron chi connectivity index (χ2n) is 6.98. The monoisotopic (exact) mass is 408 g/mol. The molecule has 3 N–H and O–H groups in total. The molecule has 1 saturated heterocycles. The minimum Gasteiger partial charge on any atom is -0.369 e. The number of hydrogen-bond acceptors (Lipinski definition) is 6. The molecular weight excluding hydrogens is 383 g/mol. The summed E-state index contributed by atoms with van der Waals surface area (Å²) in [6.07, 6.45) is 1.98. The maximum Gasteiger partial charge on any atom is 0.273 e. The SMILES string of the molecule is NC(=O)C1CCN(CCCCCNC(=O)c2cc(-c3cccs3)on2)CC1F. The van der Waals surface area contributed by atoms with Gasteiger partial charge < -0.3 is 20.5 Å². The number of carbonyl (C=O) groups is 2. The first-order valence-electron chi connectivity index (χ1n) is 9.49. The van der Waals surface area contributed by atoms with Crippen molar-refractivity contribution in [2.45, 2.75) is 31.9 Å². The number of halogens is 1. The molecule has 28 heavy (non-hydrogen) atoms. The Bertz CT molecular complexity index is 780. The fourth-order valence-electron chi connectivity index (χ4n) is 3.34. The molecular formula is C19H25FN4O3S. The first-order chi connectivity index (χ1) is 13.5. The van der Waals surface area contributed by atoms with Crippen LogP contribution in [0.1, 0.15) is 36.2 Å². The third-order valence-corrected chi connectivity index (χ3v) is 5.82. The van der Waals surface area contributed by atoms with Crippen molar-refractivity contribution < 1.29 is 18.5 Å². The number of amides is 2. The number of primary amides is 1. The second-order valence-corrected chi connectivity index (χ2v) is 7.93. The van der Waals surface area contributed by atoms with Crippen LogP contribution >= 0.6 is 11.3 Å². The fourth-order valence-corrected chi connectivity index (χ4v) is 4.01. The number of piperidine rings is 1. The van der Waals surface area contributed by atoms with Gasteiger partial charge in [0.05, 0.1) is 10.8 Å². The third-order valence-electron chi connectivity index (χ3n) is 4.93. The van der Waals surface area contributed by atoms with E-state index in [4.69, 9.17) is 10.3 Å². The van der Waals surface area contributed by atoms with Crippen molar-refractivity contribution in [2.24, 2.45) is 11.7 Å². The summed E-state index contributed by atoms with van der Waals surface area (Å²) in [5.74, 6) is -0.854. The minimum atomic E-state index is -1.17. The van der Waals surface area contributed by atoms with Gasteiger partial charge in [0.15, 0.2) is 11.5 Å². The lowest BCUT2D eigenvalue weighted by Gasteiger charge is -2.33. The highest BCUT2D eigenvalue weighted by Crippen LogP contribution is 2.25. The van der Waals surface area contributed by atoms with E-state index in [0.717, 1.165) is 30.7 Å². The molecule has 0 radical (unpaired) electrons. The molecule has 0 aromatic carbocycles. The van der Waals surface area contributed by atoms with Crippen LogP contribution in [-0.2, 0) is 4.79 Å². The number of nitrogens with zero attached hydrogens (tertiary/aromatic N) is 2. The summed E-state index contributed by atoms with van der Waals surface area (Å²) in [7, 11) is 0. The summed E-state index contributed by atoms with van der Waals surface area (Å²) in [5, 5.41) is 8.59. The predicted octanol–water partition coefficient (Wildman–Crippen LogP) is 2.45. The number of likely N-dealkylation sites (tertiary alicyclic amines) is 1. The van der Waals surface area contributed by atoms with Crippen LogP contribution in [0.15, 0.2) is 28.1 Å². The molecule has 2 amide bonds. The second kappa shape index (κ2) is 9.79. The lowest BCUT2D eigenvalue weighted by Crippen LogP contribution is -2.46. The highest BCUT2D eigenvalue weighted by atomic mass is 32.1. The number of nitrogens with two attached hydrogens (primary N) is 1. The van der Waals surface area contributed by atoms with Crippen molar-refractivity contribution in [2.75, 3.05) is 26.2 Å². The molecule has 7 nitrogen and oxygen atoms in total. The van der Waals surface area contributed by atoms with Gasteiger partial charge in [-0.3, -0.25) is 9.59 Å². The summed E-state index contributed by atoms with van der Waals surface area (Å²) in [6.45, 7) is 2.30. The maximum atomic E-state index is 13.9. The average Bonchev–Trinajstić information content (AvgIpc) is 3.35. The van der Waals surface area contributed by atoms with E-state index in [1.54, 1.807) is 6.07 Å². The van der Waals surface area contributed by atoms with Crippen LogP contribution < -0.4 is 11.1 Å². The van der Waals surface area contributed by atoms with Gasteiger partial charge in [0.2, 0.25) is 5.91 Å². The molecule has 2 atom stereocenters. The van der Waals surface area contributed by atoms with E-state index in [1.807, 2.05) is 22.4 Å². The van der Waals surface area contributed by atoms with E-state index in [-0.39, 0.29) is 18.1 Å². The van der Waals surface area contributed by atoms with Crippen molar-refractivity contribution in [1.82, 2.24) is 15.4 Å². The predicted molar refractivity (Wildman–Crippen MR) is 105 cm³/mol. The van der Waals surface area contributed by atoms with Crippen molar-refractivity contribution in [3.63, 3.8) is 0 Å². The van der Waals surface area contributed by atoms with Gasteiger partial charge in [-0.1, -0.05) is 17.6 Å². The van der Waals surface area contributed by atoms with E-state index < -0.39 is 18.0 Å². The number of thiophene rings is 1. The standard InChI is InChI=1S/C19H25FN4O3S/c20-14-12-24(9-6-13(14)18(21)25)8-3-1-2-7-22-19(26)15-11-16(27-23-15)17-5-4-10-28-17/h4-5,10-11,13-14H,1-3,6-9,12H2,(H2,21,25)(H,22,26). The van der Waals surface area contributed by atoms with Crippen LogP contribution in [0.3, 0.4) is 0 Å². The van der Waals surface area contributed by atoms with Crippen LogP contribution in [0, 0.1) is 5.92 Å². The van der Waals surface area contributed by atoms with E-state index in [1.165, 1.54) is 11.3 Å². The van der Waals surface area contributed by atoms with Gasteiger partial charge in [0.25, 0.3) is 5.91 Å². The van der Waals surface area contributed by atoms with E-state index >= 15 is 0 Å². The summed E-state index contributed by atoms with van der Waals surface area (Å²) in [5.41, 5.74) is 5.48. The number of hydrogen-bond donors (Lipinski definition) is 2. The van der Waals surface area contributed by atoms with Crippen LogP contribution in [0.25, 0.3) is 10.6 Å². The number of carbonyl (C=O) groups excluding carboxylic acids is 2. The van der Waals surface area contributed by atoms with Gasteiger partial charge in [-0.25, -0.2) is 4.39 Å². The van der Waals surface area contributed by atoms with Gasteiger partial charge in [0.1, 0.15) is 6.17 Å². The Hall–Kier alpha value is -2.26. The first kappa shape index (κ1) is 20.5. The molecule has 3 rings (SSSR count). The zero-order valence-electron chi connectivity index (χ0n) is 15.6. The summed E-state index contributed by atoms with van der Waals surface area (Å²) >= 11 is 1.53. The molecule has 2 aromatic heterocycles. The zero-order chi connectivity index (χ0) is 19.9. The lowest BCUT2D eigenvalue weighted by atomic mass is 9.94. The number of rotatable bonds is 9. The smallest absolute Gasteiger partial charge is 0.273 e. The Morgan fingerprint density at radius 3 is 2.96 bits per heavy atom. The van der Waals surface area contributed by atoms with Gasteiger partial charge >= 0.3 is 0 Å². The quantitative estimate of drug-likeness (QED) is 0.621. The topological polar surface area (TPSA) is 101 Å². The molecule has 2 aromatic rings. The van der Waals surface area contributed by atoms with E-state index in [2.05, 4.69) is 10.5 Å². The van der Waals surface area contributed by atoms with Gasteiger partial charge in [-0.05, 0) is 43.8 Å². The molecule has 1 fully saturated rings. The molecule has 1 aliphatic heterocycles. The molecule has 0 aliphatic carbocycles. The molecule has 3 heterocycles. The zero-order valence-corrected chi connectivity index (χ0v) is 16.4. The largest absolute Gasteiger partial charge is 0.369 e. The maximum absolute atomic E-state index is 13.9. The highest BCUT2D eigenvalue weighted by molar-refractivity contribution is 7.13. The van der Waals surface area contributed by atoms with Crippen LogP contribution in [-0.4, -0.2) is 54.2 Å². The van der Waals surface area contributed by atoms with Crippen molar-refractivity contribution >= 4 is 23.2 Å². The Labute approximate surface area is 167 Å². The highest BCUT2D eigenvalue weighted by Gasteiger charge is 2.32. The number of unbranched alkanes of at least 4 members (excludes halogenated alkanes) is 2. The average molecular weight is 408 g/mol. The summed E-state index contributed by atoms with van der Waals surface area (Å²) in [4.78, 5) is 26.2. The van der Waals surface area contributed by atoms with Crippen LogP contribution in [0.4, 0.5) is 4.39 Å². The van der Waals surface area contributed by atoms with Gasteiger partial charge in [-0.15, -0.1) is 11.3 Å². The lowest BCUT2D eigenvalue weighted by molar-refractivity contribution is -0.125. The molecule has 0 bridgehead atoms. The minimum absolute atomic E-state index is 0.250. The molecule has 9 heteroatoms. The van der Waals surface area contributed by atoms with Crippen molar-refractivity contribution in [1.29, 1.82) is 0 Å².